The second kappa shape index (κ2) is 9.24. The largest absolute Gasteiger partial charge is 0.337 e. The quantitative estimate of drug-likeness (QED) is 0.777. The highest BCUT2D eigenvalue weighted by Crippen LogP contribution is 2.34. The van der Waals surface area contributed by atoms with Crippen LogP contribution in [0.15, 0.2) is 23.1 Å². The minimum absolute atomic E-state index is 0. The Morgan fingerprint density at radius 3 is 2.91 bits per heavy atom. The summed E-state index contributed by atoms with van der Waals surface area (Å²) in [7, 11) is 1.92. The zero-order valence-corrected chi connectivity index (χ0v) is 15.8. The number of thioether (sulfide) groups is 1. The van der Waals surface area contributed by atoms with E-state index in [2.05, 4.69) is 5.32 Å². The van der Waals surface area contributed by atoms with Crippen molar-refractivity contribution in [2.45, 2.75) is 36.0 Å². The standard InChI is InChI=1S/C15H20Cl2N2OS.ClH/c1-10(21-14-8-11(16)5-6-13(14)17)15(20)19-7-3-4-12(19)9-18-2;/h5-6,8,10,12,18H,3-4,7,9H2,1-2H3;1H. The van der Waals surface area contributed by atoms with Gasteiger partial charge in [0.15, 0.2) is 0 Å². The van der Waals surface area contributed by atoms with Crippen LogP contribution >= 0.6 is 47.4 Å². The number of nitrogens with one attached hydrogen (secondary N) is 1. The molecule has 7 heteroatoms. The van der Waals surface area contributed by atoms with Gasteiger partial charge in [-0.1, -0.05) is 23.2 Å². The Balaban J connectivity index is 0.00000242. The van der Waals surface area contributed by atoms with Gasteiger partial charge < -0.3 is 10.2 Å². The number of likely N-dealkylation sites (N-methyl/N-ethyl adjacent to an activating group) is 1. The Hall–Kier alpha value is -0.130. The molecule has 1 heterocycles. The van der Waals surface area contributed by atoms with Crippen molar-refractivity contribution in [1.82, 2.24) is 10.2 Å². The molecule has 0 radical (unpaired) electrons. The van der Waals surface area contributed by atoms with E-state index in [1.807, 2.05) is 24.9 Å². The molecule has 2 unspecified atom stereocenters. The number of rotatable bonds is 5. The number of halogens is 3. The van der Waals surface area contributed by atoms with Crippen molar-refractivity contribution >= 4 is 53.3 Å². The third-order valence-electron chi connectivity index (χ3n) is 3.64. The SMILES string of the molecule is CNCC1CCCN1C(=O)C(C)Sc1cc(Cl)ccc1Cl.Cl. The summed E-state index contributed by atoms with van der Waals surface area (Å²) in [6.07, 6.45) is 2.15. The second-order valence-electron chi connectivity index (χ2n) is 5.22. The predicted molar refractivity (Wildman–Crippen MR) is 97.7 cm³/mol. The molecule has 124 valence electrons. The molecular weight excluding hydrogens is 363 g/mol. The molecule has 0 aromatic heterocycles. The van der Waals surface area contributed by atoms with E-state index in [0.29, 0.717) is 16.1 Å². The average Bonchev–Trinajstić information content (AvgIpc) is 2.90. The van der Waals surface area contributed by atoms with Crippen molar-refractivity contribution in [2.75, 3.05) is 20.1 Å². The van der Waals surface area contributed by atoms with E-state index >= 15 is 0 Å². The van der Waals surface area contributed by atoms with Crippen LogP contribution in [0.5, 0.6) is 0 Å². The van der Waals surface area contributed by atoms with Crippen molar-refractivity contribution in [1.29, 1.82) is 0 Å². The molecule has 1 saturated heterocycles. The molecule has 0 saturated carbocycles. The van der Waals surface area contributed by atoms with Crippen LogP contribution < -0.4 is 5.32 Å². The molecule has 1 aromatic carbocycles. The number of nitrogens with zero attached hydrogens (tertiary/aromatic N) is 1. The Kier molecular flexibility index (Phi) is 8.36. The maximum atomic E-state index is 12.6. The van der Waals surface area contributed by atoms with Crippen LogP contribution in [0.4, 0.5) is 0 Å². The van der Waals surface area contributed by atoms with E-state index in [1.54, 1.807) is 12.1 Å². The second-order valence-corrected chi connectivity index (χ2v) is 7.45. The molecule has 1 N–H and O–H groups in total. The van der Waals surface area contributed by atoms with Crippen molar-refractivity contribution in [2.24, 2.45) is 0 Å². The smallest absolute Gasteiger partial charge is 0.236 e. The van der Waals surface area contributed by atoms with Crippen molar-refractivity contribution < 1.29 is 4.79 Å². The van der Waals surface area contributed by atoms with Crippen molar-refractivity contribution in [3.8, 4) is 0 Å². The number of hydrogen-bond acceptors (Lipinski definition) is 3. The summed E-state index contributed by atoms with van der Waals surface area (Å²) in [4.78, 5) is 15.5. The number of hydrogen-bond donors (Lipinski definition) is 1. The monoisotopic (exact) mass is 382 g/mol. The number of amides is 1. The van der Waals surface area contributed by atoms with Gasteiger partial charge in [0.05, 0.1) is 10.3 Å². The Morgan fingerprint density at radius 2 is 2.23 bits per heavy atom. The topological polar surface area (TPSA) is 32.3 Å². The van der Waals surface area contributed by atoms with Gasteiger partial charge in [-0.2, -0.15) is 0 Å². The van der Waals surface area contributed by atoms with E-state index in [-0.39, 0.29) is 23.6 Å². The van der Waals surface area contributed by atoms with Gasteiger partial charge >= 0.3 is 0 Å². The molecule has 0 bridgehead atoms. The highest BCUT2D eigenvalue weighted by molar-refractivity contribution is 8.00. The van der Waals surface area contributed by atoms with Gasteiger partial charge in [-0.15, -0.1) is 24.2 Å². The number of benzene rings is 1. The Morgan fingerprint density at radius 1 is 1.50 bits per heavy atom. The average molecular weight is 384 g/mol. The summed E-state index contributed by atoms with van der Waals surface area (Å²) >= 11 is 13.6. The van der Waals surface area contributed by atoms with Gasteiger partial charge in [0, 0.05) is 29.0 Å². The lowest BCUT2D eigenvalue weighted by molar-refractivity contribution is -0.131. The van der Waals surface area contributed by atoms with Gasteiger partial charge in [0.1, 0.15) is 0 Å². The van der Waals surface area contributed by atoms with Crippen LogP contribution in [0.3, 0.4) is 0 Å². The summed E-state index contributed by atoms with van der Waals surface area (Å²) in [5.41, 5.74) is 0. The van der Waals surface area contributed by atoms with E-state index in [4.69, 9.17) is 23.2 Å². The lowest BCUT2D eigenvalue weighted by Gasteiger charge is -2.27. The molecule has 2 rings (SSSR count). The van der Waals surface area contributed by atoms with Crippen LogP contribution in [0.25, 0.3) is 0 Å². The van der Waals surface area contributed by atoms with Crippen molar-refractivity contribution in [3.63, 3.8) is 0 Å². The van der Waals surface area contributed by atoms with E-state index in [0.717, 1.165) is 30.8 Å². The molecule has 1 aliphatic heterocycles. The van der Waals surface area contributed by atoms with Crippen LogP contribution in [-0.2, 0) is 4.79 Å². The third-order valence-corrected chi connectivity index (χ3v) is 5.47. The molecule has 0 spiro atoms. The fourth-order valence-corrected chi connectivity index (χ4v) is 4.10. The summed E-state index contributed by atoms with van der Waals surface area (Å²) in [6.45, 7) is 3.62. The van der Waals surface area contributed by atoms with Crippen LogP contribution in [-0.4, -0.2) is 42.2 Å². The Bertz CT molecular complexity index is 516. The molecule has 2 atom stereocenters. The summed E-state index contributed by atoms with van der Waals surface area (Å²) in [6, 6.07) is 5.64. The zero-order valence-electron chi connectivity index (χ0n) is 12.6. The van der Waals surface area contributed by atoms with Gasteiger partial charge in [0.25, 0.3) is 0 Å². The molecule has 22 heavy (non-hydrogen) atoms. The maximum absolute atomic E-state index is 12.6. The fraction of sp³-hybridized carbons (Fsp3) is 0.533. The molecule has 1 aliphatic rings. The predicted octanol–water partition coefficient (Wildman–Crippen LogP) is 4.11. The van der Waals surface area contributed by atoms with Gasteiger partial charge in [-0.05, 0) is 45.0 Å². The molecule has 1 amide bonds. The highest BCUT2D eigenvalue weighted by Gasteiger charge is 2.31. The minimum atomic E-state index is -0.168. The molecule has 0 aliphatic carbocycles. The van der Waals surface area contributed by atoms with Gasteiger partial charge in [0.2, 0.25) is 5.91 Å². The first-order valence-corrected chi connectivity index (χ1v) is 8.73. The van der Waals surface area contributed by atoms with Gasteiger partial charge in [-0.3, -0.25) is 4.79 Å². The minimum Gasteiger partial charge on any atom is -0.337 e. The summed E-state index contributed by atoms with van der Waals surface area (Å²) in [5.74, 6) is 0.175. The van der Waals surface area contributed by atoms with Crippen LogP contribution in [0, 0.1) is 0 Å². The molecule has 1 fully saturated rings. The number of carbonyl (C=O) groups is 1. The van der Waals surface area contributed by atoms with Crippen molar-refractivity contribution in [3.05, 3.63) is 28.2 Å². The summed E-state index contributed by atoms with van der Waals surface area (Å²) < 4.78 is 0. The molecule has 1 aromatic rings. The number of likely N-dealkylation sites (tertiary alicyclic amines) is 1. The fourth-order valence-electron chi connectivity index (χ4n) is 2.62. The van der Waals surface area contributed by atoms with Gasteiger partial charge in [-0.25, -0.2) is 0 Å². The maximum Gasteiger partial charge on any atom is 0.236 e. The molecule has 3 nitrogen and oxygen atoms in total. The van der Waals surface area contributed by atoms with Crippen LogP contribution in [0.2, 0.25) is 10.0 Å². The normalized spacial score (nSPS) is 18.9. The first-order chi connectivity index (χ1) is 10.0. The summed E-state index contributed by atoms with van der Waals surface area (Å²) in [5, 5.41) is 4.26. The first kappa shape index (κ1) is 19.9. The lowest BCUT2D eigenvalue weighted by atomic mass is 10.2. The molecular formula is C15H21Cl3N2OS. The van der Waals surface area contributed by atoms with Crippen LogP contribution in [0.1, 0.15) is 19.8 Å². The van der Waals surface area contributed by atoms with E-state index in [1.165, 1.54) is 11.8 Å². The van der Waals surface area contributed by atoms with E-state index < -0.39 is 0 Å². The third kappa shape index (κ3) is 4.93. The first-order valence-electron chi connectivity index (χ1n) is 7.09. The number of carbonyl (C=O) groups excluding carboxylic acids is 1. The highest BCUT2D eigenvalue weighted by atomic mass is 35.5. The zero-order chi connectivity index (χ0) is 15.4. The lowest BCUT2D eigenvalue weighted by Crippen LogP contribution is -2.44. The Labute approximate surface area is 152 Å². The van der Waals surface area contributed by atoms with E-state index in [9.17, 15) is 4.79 Å².